The smallest absolute Gasteiger partial charge is 0.423 e. The van der Waals surface area contributed by atoms with E-state index in [9.17, 15) is 0 Å². The molecule has 0 spiro atoms. The minimum absolute atomic E-state index is 0. The predicted molar refractivity (Wildman–Crippen MR) is 378 cm³/mol. The number of halogens is 4. The molecule has 0 saturated heterocycles. The summed E-state index contributed by atoms with van der Waals surface area (Å²) in [6, 6.07) is 38.8. The van der Waals surface area contributed by atoms with E-state index < -0.39 is 7.12 Å². The van der Waals surface area contributed by atoms with Crippen molar-refractivity contribution >= 4 is 196 Å². The number of rotatable bonds is 7. The van der Waals surface area contributed by atoms with Crippen molar-refractivity contribution in [2.24, 2.45) is 0 Å². The summed E-state index contributed by atoms with van der Waals surface area (Å²) in [5.41, 5.74) is 0. The van der Waals surface area contributed by atoms with Gasteiger partial charge in [0.05, 0.1) is 5.77 Å². The van der Waals surface area contributed by atoms with Crippen molar-refractivity contribution in [1.82, 2.24) is 0 Å². The van der Waals surface area contributed by atoms with Crippen LogP contribution in [0, 0.1) is 5.77 Å². The average Bonchev–Trinajstić information content (AvgIpc) is 4.27. The first-order valence-corrected chi connectivity index (χ1v) is 39.9. The second-order valence-electron chi connectivity index (χ2n) is 10.2. The molecule has 0 aliphatic rings. The van der Waals surface area contributed by atoms with Gasteiger partial charge in [0, 0.05) is 119 Å². The zero-order chi connectivity index (χ0) is 54.5. The molecule has 0 unspecified atom stereocenters. The second-order valence-corrected chi connectivity index (χ2v) is 23.4. The molecule has 9 heterocycles. The minimum Gasteiger partial charge on any atom is -0.423 e. The van der Waals surface area contributed by atoms with E-state index in [4.69, 9.17) is 10.0 Å². The minimum atomic E-state index is -1.30. The largest absolute Gasteiger partial charge is 0.499 e. The van der Waals surface area contributed by atoms with Crippen LogP contribution < -0.4 is 4.78 Å². The van der Waals surface area contributed by atoms with Crippen LogP contribution in [0.4, 0.5) is 0 Å². The van der Waals surface area contributed by atoms with E-state index in [1.807, 2.05) is 193 Å². The van der Waals surface area contributed by atoms with E-state index in [2.05, 4.69) is 190 Å². The van der Waals surface area contributed by atoms with Crippen LogP contribution >= 0.6 is 184 Å². The molecule has 0 aromatic carbocycles. The van der Waals surface area contributed by atoms with Gasteiger partial charge in [0.25, 0.3) is 0 Å². The van der Waals surface area contributed by atoms with E-state index in [1.54, 1.807) is 40.2 Å². The molecule has 0 saturated carbocycles. The summed E-state index contributed by atoms with van der Waals surface area (Å²) in [5, 5.41) is 23.0. The molecule has 2 nitrogen and oxygen atoms in total. The van der Waals surface area contributed by atoms with Gasteiger partial charge in [-0.25, -0.2) is 0 Å². The van der Waals surface area contributed by atoms with Crippen molar-refractivity contribution in [2.75, 3.05) is 0 Å². The van der Waals surface area contributed by atoms with Crippen LogP contribution in [0.3, 0.4) is 0 Å². The van der Waals surface area contributed by atoms with Gasteiger partial charge in [0.15, 0.2) is 0 Å². The van der Waals surface area contributed by atoms with Gasteiger partial charge in [0.1, 0.15) is 0 Å². The Morgan fingerprint density at radius 3 is 0.676 bits per heavy atom. The number of hydrogen-bond donors (Lipinski definition) is 2. The quantitative estimate of drug-likeness (QED) is 0.123. The molecular weight excluding hydrogens is 1540 g/mol. The Kier molecular flexibility index (Phi) is 63.1. The third kappa shape index (κ3) is 31.1. The summed E-state index contributed by atoms with van der Waals surface area (Å²) >= 11 is 25.2. The Bertz CT molecular complexity index is 2230. The molecule has 0 bridgehead atoms. The van der Waals surface area contributed by atoms with Gasteiger partial charge in [-0.1, -0.05) is 149 Å². The first kappa shape index (κ1) is 80.6. The Hall–Kier alpha value is 0.789. The topological polar surface area (TPSA) is 40.5 Å². The molecule has 17 heteroatoms. The first-order chi connectivity index (χ1) is 34.4. The molecule has 0 aliphatic heterocycles. The summed E-state index contributed by atoms with van der Waals surface area (Å²) in [7, 11) is -1.30. The van der Waals surface area contributed by atoms with Crippen LogP contribution in [0.5, 0.6) is 0 Å². The van der Waals surface area contributed by atoms with Crippen molar-refractivity contribution in [3.8, 4) is 58.5 Å². The Morgan fingerprint density at radius 1 is 0.296 bits per heavy atom. The van der Waals surface area contributed by atoms with Crippen molar-refractivity contribution < 1.29 is 28.6 Å². The molecular formula is C54H77BI4O2S9V. The average molecular weight is 1620 g/mol. The fraction of sp³-hybridized carbons (Fsp3) is 0.333. The van der Waals surface area contributed by atoms with Gasteiger partial charge in [-0.2, -0.15) is 11.3 Å². The molecule has 0 atom stereocenters. The molecule has 9 rings (SSSR count). The monoisotopic (exact) mass is 1610 g/mol. The first-order valence-electron chi connectivity index (χ1n) is 23.9. The van der Waals surface area contributed by atoms with E-state index in [-0.39, 0.29) is 18.6 Å². The second kappa shape index (κ2) is 55.5. The Morgan fingerprint density at radius 2 is 0.507 bits per heavy atom. The summed E-state index contributed by atoms with van der Waals surface area (Å²) in [4.78, 5) is 16.3. The van der Waals surface area contributed by atoms with E-state index in [0.717, 1.165) is 0 Å². The molecule has 2 N–H and O–H groups in total. The summed E-state index contributed by atoms with van der Waals surface area (Å²) in [6.07, 6.45) is 0. The number of hydrogen-bond acceptors (Lipinski definition) is 11. The molecule has 71 heavy (non-hydrogen) atoms. The van der Waals surface area contributed by atoms with Crippen molar-refractivity contribution in [2.45, 2.75) is 125 Å². The third-order valence-corrected chi connectivity index (χ3v) is 18.8. The van der Waals surface area contributed by atoms with Gasteiger partial charge >= 0.3 is 7.12 Å². The predicted octanol–water partition coefficient (Wildman–Crippen LogP) is 25.5. The normalized spacial score (nSPS) is 8.45. The molecule has 0 amide bonds. The van der Waals surface area contributed by atoms with Gasteiger partial charge in [-0.15, -0.1) is 90.7 Å². The molecule has 9 aromatic heterocycles. The fourth-order valence-corrected chi connectivity index (χ4v) is 14.5. The van der Waals surface area contributed by atoms with E-state index in [1.165, 1.54) is 75.6 Å². The van der Waals surface area contributed by atoms with Gasteiger partial charge in [-0.05, 0) is 146 Å². The SMILES string of the molecule is CC.CC.CC.CC.CC.CC.CC.CC.CC.II.Ic1ccc(-c2ccc(-c3ccc(I)s3)s2)s1.OB(O)c1cccs1.[V].c1csc(-c2ccc(-c3ccc(-c4ccc(-c5cccs5)s4)s3)s2)c1. The fourth-order valence-electron chi connectivity index (χ4n) is 4.58. The molecule has 0 fully saturated rings. The summed E-state index contributed by atoms with van der Waals surface area (Å²) in [6.45, 7) is 36.0. The molecule has 395 valence electrons. The molecule has 1 radical (unpaired) electrons. The van der Waals surface area contributed by atoms with Crippen molar-refractivity contribution in [3.05, 3.63) is 131 Å². The van der Waals surface area contributed by atoms with Crippen LogP contribution in [0.1, 0.15) is 125 Å². The van der Waals surface area contributed by atoms with Gasteiger partial charge in [-0.3, -0.25) is 0 Å². The molecule has 0 aliphatic carbocycles. The van der Waals surface area contributed by atoms with Crippen LogP contribution in [-0.2, 0) is 18.6 Å². The van der Waals surface area contributed by atoms with Crippen LogP contribution in [0.25, 0.3) is 58.5 Å². The summed E-state index contributed by atoms with van der Waals surface area (Å²) < 4.78 is 3.28. The van der Waals surface area contributed by atoms with Crippen LogP contribution in [0.15, 0.2) is 125 Å². The van der Waals surface area contributed by atoms with Gasteiger partial charge in [0.2, 0.25) is 0 Å². The van der Waals surface area contributed by atoms with Gasteiger partial charge < -0.3 is 10.0 Å². The van der Waals surface area contributed by atoms with E-state index >= 15 is 0 Å². The maximum atomic E-state index is 8.48. The maximum Gasteiger partial charge on any atom is 0.499 e. The zero-order valence-electron chi connectivity index (χ0n) is 44.7. The van der Waals surface area contributed by atoms with Crippen molar-refractivity contribution in [3.63, 3.8) is 0 Å². The maximum absolute atomic E-state index is 8.48. The third-order valence-electron chi connectivity index (χ3n) is 6.87. The summed E-state index contributed by atoms with van der Waals surface area (Å²) in [5.74, 6) is 0. The Balaban J connectivity index is -0.000000276. The van der Waals surface area contributed by atoms with Crippen molar-refractivity contribution in [1.29, 1.82) is 0 Å². The Labute approximate surface area is 531 Å². The van der Waals surface area contributed by atoms with Crippen LogP contribution in [-0.4, -0.2) is 17.2 Å². The number of thiophene rings is 9. The van der Waals surface area contributed by atoms with E-state index in [0.29, 0.717) is 4.78 Å². The molecule has 9 aromatic rings. The standard InChI is InChI=1S/C20H12S5.C12H6I2S3.C4H5BO2S.9C2H6.I2.V/c1-3-13(21-11-1)15-5-7-17(23-15)19-9-10-20(25-19)18-8-6-16(24-18)14-4-2-12-22-14;13-11-5-3-9(16-11)7-1-2-8(15-7)10-4-6-12(14)17-10;6-5(7)4-2-1-3-8-4;10*1-2;/h1-12H;1-6H;1-3,6-7H;9*1-2H3;;. The van der Waals surface area contributed by atoms with Crippen LogP contribution in [0.2, 0.25) is 0 Å². The zero-order valence-corrected chi connectivity index (χ0v) is 62.1.